The van der Waals surface area contributed by atoms with Crippen molar-refractivity contribution in [1.82, 2.24) is 0 Å². The molecule has 0 heterocycles. The zero-order valence-corrected chi connectivity index (χ0v) is 15.9. The molecule has 1 heteroatoms. The summed E-state index contributed by atoms with van der Waals surface area (Å²) in [6.07, 6.45) is 0. The highest BCUT2D eigenvalue weighted by Crippen LogP contribution is 2.49. The molecule has 29 heavy (non-hydrogen) atoms. The Morgan fingerprint density at radius 1 is 0.379 bits per heavy atom. The van der Waals surface area contributed by atoms with Crippen molar-refractivity contribution in [1.29, 1.82) is 0 Å². The lowest BCUT2D eigenvalue weighted by Crippen LogP contribution is -1.89. The molecule has 0 saturated heterocycles. The van der Waals surface area contributed by atoms with E-state index in [1.54, 1.807) is 0 Å². The van der Waals surface area contributed by atoms with E-state index in [4.69, 9.17) is 0 Å². The lowest BCUT2D eigenvalue weighted by molar-refractivity contribution is 1.55. The smallest absolute Gasteiger partial charge is 0.0384 e. The molecule has 5 aromatic carbocycles. The molecule has 0 amide bonds. The van der Waals surface area contributed by atoms with Crippen LogP contribution in [-0.4, -0.2) is 0 Å². The molecule has 0 atom stereocenters. The van der Waals surface area contributed by atoms with Crippen LogP contribution < -0.4 is 5.32 Å². The van der Waals surface area contributed by atoms with E-state index in [0.717, 1.165) is 11.4 Å². The third kappa shape index (κ3) is 2.55. The second-order valence-electron chi connectivity index (χ2n) is 7.50. The molecule has 0 fully saturated rings. The van der Waals surface area contributed by atoms with E-state index in [2.05, 4.69) is 96.3 Å². The number of nitrogens with one attached hydrogen (secondary N) is 1. The second kappa shape index (κ2) is 6.35. The highest BCUT2D eigenvalue weighted by atomic mass is 14.9. The third-order valence-corrected chi connectivity index (χ3v) is 5.81. The van der Waals surface area contributed by atoms with Crippen LogP contribution in [0.15, 0.2) is 109 Å². The van der Waals surface area contributed by atoms with E-state index in [1.807, 2.05) is 18.2 Å². The Morgan fingerprint density at radius 3 is 1.72 bits per heavy atom. The molecule has 0 saturated carbocycles. The molecule has 1 aliphatic rings. The first-order chi connectivity index (χ1) is 14.4. The van der Waals surface area contributed by atoms with Gasteiger partial charge in [-0.3, -0.25) is 0 Å². The van der Waals surface area contributed by atoms with Crippen LogP contribution in [0.25, 0.3) is 44.2 Å². The molecular weight excluding hydrogens is 350 g/mol. The van der Waals surface area contributed by atoms with Crippen molar-refractivity contribution < 1.29 is 0 Å². The Labute approximate surface area is 170 Å². The second-order valence-corrected chi connectivity index (χ2v) is 7.50. The highest BCUT2D eigenvalue weighted by Gasteiger charge is 2.21. The minimum absolute atomic E-state index is 1.10. The van der Waals surface area contributed by atoms with E-state index in [1.165, 1.54) is 44.2 Å². The predicted molar refractivity (Wildman–Crippen MR) is 124 cm³/mol. The maximum Gasteiger partial charge on any atom is 0.0384 e. The minimum Gasteiger partial charge on any atom is -0.356 e. The Bertz CT molecular complexity index is 1320. The summed E-state index contributed by atoms with van der Waals surface area (Å²) in [5.74, 6) is 0. The fraction of sp³-hybridized carbons (Fsp3) is 0. The molecule has 1 N–H and O–H groups in total. The summed E-state index contributed by atoms with van der Waals surface area (Å²) in [5.41, 5.74) is 10.1. The fourth-order valence-corrected chi connectivity index (χ4v) is 4.48. The van der Waals surface area contributed by atoms with E-state index in [0.29, 0.717) is 0 Å². The molecule has 0 bridgehead atoms. The van der Waals surface area contributed by atoms with Gasteiger partial charge in [0.15, 0.2) is 0 Å². The zero-order valence-electron chi connectivity index (χ0n) is 15.9. The summed E-state index contributed by atoms with van der Waals surface area (Å²) in [5, 5.41) is 6.15. The van der Waals surface area contributed by atoms with Crippen molar-refractivity contribution in [2.24, 2.45) is 0 Å². The van der Waals surface area contributed by atoms with Crippen molar-refractivity contribution in [2.45, 2.75) is 0 Å². The molecule has 0 spiro atoms. The zero-order chi connectivity index (χ0) is 19.2. The number of anilines is 2. The van der Waals surface area contributed by atoms with Gasteiger partial charge in [0.25, 0.3) is 0 Å². The van der Waals surface area contributed by atoms with Gasteiger partial charge >= 0.3 is 0 Å². The van der Waals surface area contributed by atoms with Crippen LogP contribution >= 0.6 is 0 Å². The summed E-state index contributed by atoms with van der Waals surface area (Å²) in [6.45, 7) is 0. The molecule has 5 aromatic rings. The minimum atomic E-state index is 1.10. The topological polar surface area (TPSA) is 12.0 Å². The van der Waals surface area contributed by atoms with Gasteiger partial charge < -0.3 is 5.32 Å². The van der Waals surface area contributed by atoms with Crippen LogP contribution in [0.1, 0.15) is 0 Å². The quantitative estimate of drug-likeness (QED) is 0.334. The number of fused-ring (bicyclic) bond motifs is 3. The standard InChI is InChI=1S/C28H19N/c1-2-7-20(8-3-1)29-21-15-13-19(14-16-21)22-17-18-27-24-10-5-4-9-23(24)26-12-6-11-25(22)28(26)27/h1-18,29H. The van der Waals surface area contributed by atoms with E-state index in [-0.39, 0.29) is 0 Å². The Hall–Kier alpha value is -3.84. The van der Waals surface area contributed by atoms with Gasteiger partial charge in [-0.15, -0.1) is 0 Å². The molecule has 6 rings (SSSR count). The van der Waals surface area contributed by atoms with Gasteiger partial charge in [-0.2, -0.15) is 0 Å². The first-order valence-corrected chi connectivity index (χ1v) is 9.96. The highest BCUT2D eigenvalue weighted by molar-refractivity contribution is 6.18. The fourth-order valence-electron chi connectivity index (χ4n) is 4.48. The van der Waals surface area contributed by atoms with Crippen molar-refractivity contribution in [3.05, 3.63) is 109 Å². The third-order valence-electron chi connectivity index (χ3n) is 5.81. The van der Waals surface area contributed by atoms with Crippen LogP contribution in [0, 0.1) is 0 Å². The van der Waals surface area contributed by atoms with Gasteiger partial charge in [-0.05, 0) is 68.4 Å². The Kier molecular flexibility index (Phi) is 3.54. The summed E-state index contributed by atoms with van der Waals surface area (Å²) >= 11 is 0. The Balaban J connectivity index is 1.44. The molecule has 0 unspecified atom stereocenters. The number of rotatable bonds is 3. The van der Waals surface area contributed by atoms with Gasteiger partial charge in [0.05, 0.1) is 0 Å². The van der Waals surface area contributed by atoms with Gasteiger partial charge in [-0.1, -0.05) is 84.9 Å². The summed E-state index contributed by atoms with van der Waals surface area (Å²) in [7, 11) is 0. The van der Waals surface area contributed by atoms with Crippen molar-refractivity contribution >= 4 is 22.1 Å². The average molecular weight is 369 g/mol. The number of benzene rings is 5. The summed E-state index contributed by atoms with van der Waals surface area (Å²) in [4.78, 5) is 0. The van der Waals surface area contributed by atoms with Crippen LogP contribution in [0.2, 0.25) is 0 Å². The van der Waals surface area contributed by atoms with E-state index in [9.17, 15) is 0 Å². The summed E-state index contributed by atoms with van der Waals surface area (Å²) < 4.78 is 0. The Morgan fingerprint density at radius 2 is 0.966 bits per heavy atom. The summed E-state index contributed by atoms with van der Waals surface area (Å²) in [6, 6.07) is 38.9. The van der Waals surface area contributed by atoms with Crippen LogP contribution in [0.4, 0.5) is 11.4 Å². The maximum atomic E-state index is 3.46. The van der Waals surface area contributed by atoms with E-state index < -0.39 is 0 Å². The molecule has 0 radical (unpaired) electrons. The molecule has 0 aliphatic heterocycles. The molecular formula is C28H19N. The lowest BCUT2D eigenvalue weighted by atomic mass is 9.94. The largest absolute Gasteiger partial charge is 0.356 e. The van der Waals surface area contributed by atoms with Gasteiger partial charge in [-0.25, -0.2) is 0 Å². The first kappa shape index (κ1) is 16.1. The van der Waals surface area contributed by atoms with Crippen molar-refractivity contribution in [2.75, 3.05) is 5.32 Å². The SMILES string of the molecule is c1ccc(Nc2ccc(-c3ccc4c5c(cccc35)-c3ccccc3-4)cc2)cc1. The number of hydrogen-bond acceptors (Lipinski definition) is 1. The molecule has 1 nitrogen and oxygen atoms in total. The number of hydrogen-bond donors (Lipinski definition) is 1. The predicted octanol–water partition coefficient (Wildman–Crippen LogP) is 7.90. The normalized spacial score (nSPS) is 11.4. The van der Waals surface area contributed by atoms with Crippen LogP contribution in [0.3, 0.4) is 0 Å². The van der Waals surface area contributed by atoms with Gasteiger partial charge in [0.2, 0.25) is 0 Å². The molecule has 136 valence electrons. The van der Waals surface area contributed by atoms with E-state index >= 15 is 0 Å². The van der Waals surface area contributed by atoms with Crippen molar-refractivity contribution in [3.63, 3.8) is 0 Å². The monoisotopic (exact) mass is 369 g/mol. The van der Waals surface area contributed by atoms with Crippen molar-refractivity contribution in [3.8, 4) is 33.4 Å². The lowest BCUT2D eigenvalue weighted by Gasteiger charge is -2.11. The molecule has 1 aliphatic carbocycles. The van der Waals surface area contributed by atoms with Gasteiger partial charge in [0.1, 0.15) is 0 Å². The molecule has 0 aromatic heterocycles. The van der Waals surface area contributed by atoms with Gasteiger partial charge in [0, 0.05) is 11.4 Å². The maximum absolute atomic E-state index is 3.46. The number of para-hydroxylation sites is 1. The van der Waals surface area contributed by atoms with Crippen LogP contribution in [0.5, 0.6) is 0 Å². The average Bonchev–Trinajstić information content (AvgIpc) is 3.11. The van der Waals surface area contributed by atoms with Crippen LogP contribution in [-0.2, 0) is 0 Å². The first-order valence-electron chi connectivity index (χ1n) is 9.96.